The van der Waals surface area contributed by atoms with Crippen LogP contribution in [0.5, 0.6) is 0 Å². The van der Waals surface area contributed by atoms with Gasteiger partial charge in [-0.2, -0.15) is 0 Å². The van der Waals surface area contributed by atoms with Crippen molar-refractivity contribution in [3.05, 3.63) is 53.7 Å². The molecule has 0 radical (unpaired) electrons. The lowest BCUT2D eigenvalue weighted by atomic mass is 10.2. The highest BCUT2D eigenvalue weighted by molar-refractivity contribution is 5.92. The number of carbonyl (C=O) groups is 1. The van der Waals surface area contributed by atoms with Gasteiger partial charge >= 0.3 is 0 Å². The molecule has 2 rings (SSSR count). The summed E-state index contributed by atoms with van der Waals surface area (Å²) in [6.45, 7) is 6.36. The predicted octanol–water partition coefficient (Wildman–Crippen LogP) is 2.18. The third kappa shape index (κ3) is 5.83. The minimum absolute atomic E-state index is 0.194. The van der Waals surface area contributed by atoms with Crippen LogP contribution in [0.15, 0.2) is 42.5 Å². The highest BCUT2D eigenvalue weighted by Crippen LogP contribution is 2.17. The lowest BCUT2D eigenvalue weighted by Gasteiger charge is -2.27. The number of benzene rings is 1. The Morgan fingerprint density at radius 1 is 1.08 bits per heavy atom. The summed E-state index contributed by atoms with van der Waals surface area (Å²) in [5, 5.41) is 11.2. The Bertz CT molecular complexity index is 655. The molecule has 1 aromatic carbocycles. The van der Waals surface area contributed by atoms with E-state index in [2.05, 4.69) is 46.4 Å². The first-order chi connectivity index (χ1) is 12.0. The fourth-order valence-electron chi connectivity index (χ4n) is 2.39. The Morgan fingerprint density at radius 2 is 1.80 bits per heavy atom. The molecule has 1 N–H and O–H groups in total. The van der Waals surface area contributed by atoms with Crippen LogP contribution < -0.4 is 10.2 Å². The molecule has 2 aromatic rings. The Morgan fingerprint density at radius 3 is 2.36 bits per heavy atom. The third-order valence-corrected chi connectivity index (χ3v) is 3.84. The standard InChI is InChI=1S/C19H27N5O/c1-15(2)24(14-16-8-6-5-7-9-16)18-11-10-17(21-22-18)19(25)20-12-13-23(3)4/h5-11,15H,12-14H2,1-4H3,(H,20,25). The summed E-state index contributed by atoms with van der Waals surface area (Å²) < 4.78 is 0. The van der Waals surface area contributed by atoms with Crippen molar-refractivity contribution in [2.45, 2.75) is 26.4 Å². The van der Waals surface area contributed by atoms with Crippen LogP contribution in [-0.2, 0) is 6.54 Å². The van der Waals surface area contributed by atoms with Crippen LogP contribution in [0, 0.1) is 0 Å². The van der Waals surface area contributed by atoms with Gasteiger partial charge in [0.1, 0.15) is 0 Å². The van der Waals surface area contributed by atoms with Crippen LogP contribution in [0.2, 0.25) is 0 Å². The van der Waals surface area contributed by atoms with Crippen molar-refractivity contribution in [2.24, 2.45) is 0 Å². The number of hydrogen-bond donors (Lipinski definition) is 1. The summed E-state index contributed by atoms with van der Waals surface area (Å²) in [5.41, 5.74) is 1.55. The maximum Gasteiger partial charge on any atom is 0.271 e. The van der Waals surface area contributed by atoms with Crippen LogP contribution in [0.3, 0.4) is 0 Å². The predicted molar refractivity (Wildman–Crippen MR) is 101 cm³/mol. The molecule has 0 bridgehead atoms. The molecule has 0 atom stereocenters. The quantitative estimate of drug-likeness (QED) is 0.797. The molecule has 134 valence electrons. The molecule has 6 heteroatoms. The smallest absolute Gasteiger partial charge is 0.271 e. The van der Waals surface area contributed by atoms with Crippen LogP contribution in [-0.4, -0.2) is 54.2 Å². The number of rotatable bonds is 8. The van der Waals surface area contributed by atoms with Crippen molar-refractivity contribution < 1.29 is 4.79 Å². The summed E-state index contributed by atoms with van der Waals surface area (Å²) in [6, 6.07) is 14.1. The molecule has 1 amide bonds. The van der Waals surface area contributed by atoms with Crippen molar-refractivity contribution in [1.29, 1.82) is 0 Å². The first-order valence-corrected chi connectivity index (χ1v) is 8.54. The van der Waals surface area contributed by atoms with E-state index < -0.39 is 0 Å². The average molecular weight is 341 g/mol. The average Bonchev–Trinajstić information content (AvgIpc) is 2.60. The molecular formula is C19H27N5O. The topological polar surface area (TPSA) is 61.4 Å². The van der Waals surface area contributed by atoms with Crippen molar-refractivity contribution >= 4 is 11.7 Å². The van der Waals surface area contributed by atoms with Gasteiger partial charge in [-0.15, -0.1) is 10.2 Å². The molecule has 0 aliphatic rings. The van der Waals surface area contributed by atoms with Crippen molar-refractivity contribution in [3.8, 4) is 0 Å². The first-order valence-electron chi connectivity index (χ1n) is 8.54. The van der Waals surface area contributed by atoms with E-state index in [0.717, 1.165) is 18.9 Å². The van der Waals surface area contributed by atoms with E-state index in [-0.39, 0.29) is 11.9 Å². The molecule has 0 spiro atoms. The number of aromatic nitrogens is 2. The molecule has 25 heavy (non-hydrogen) atoms. The minimum Gasteiger partial charge on any atom is -0.349 e. The Kier molecular flexibility index (Phi) is 6.89. The highest BCUT2D eigenvalue weighted by atomic mass is 16.1. The van der Waals surface area contributed by atoms with E-state index in [0.29, 0.717) is 12.2 Å². The Hall–Kier alpha value is -2.47. The number of hydrogen-bond acceptors (Lipinski definition) is 5. The summed E-state index contributed by atoms with van der Waals surface area (Å²) in [7, 11) is 3.93. The number of likely N-dealkylation sites (N-methyl/N-ethyl adjacent to an activating group) is 1. The Labute approximate surface area is 149 Å². The van der Waals surface area contributed by atoms with Gasteiger partial charge in [-0.05, 0) is 45.6 Å². The van der Waals surface area contributed by atoms with Gasteiger partial charge in [0.15, 0.2) is 11.5 Å². The molecular weight excluding hydrogens is 314 g/mol. The number of nitrogens with zero attached hydrogens (tertiary/aromatic N) is 4. The van der Waals surface area contributed by atoms with E-state index in [1.54, 1.807) is 6.07 Å². The normalized spacial score (nSPS) is 11.0. The van der Waals surface area contributed by atoms with Gasteiger partial charge in [0.25, 0.3) is 5.91 Å². The van der Waals surface area contributed by atoms with Crippen LogP contribution >= 0.6 is 0 Å². The van der Waals surface area contributed by atoms with Crippen molar-refractivity contribution in [2.75, 3.05) is 32.1 Å². The second kappa shape index (κ2) is 9.13. The number of anilines is 1. The fraction of sp³-hybridized carbons (Fsp3) is 0.421. The minimum atomic E-state index is -0.194. The second-order valence-electron chi connectivity index (χ2n) is 6.54. The largest absolute Gasteiger partial charge is 0.349 e. The first kappa shape index (κ1) is 18.9. The van der Waals surface area contributed by atoms with Gasteiger partial charge in [-0.3, -0.25) is 4.79 Å². The van der Waals surface area contributed by atoms with E-state index in [9.17, 15) is 4.79 Å². The maximum atomic E-state index is 12.1. The number of nitrogens with one attached hydrogen (secondary N) is 1. The zero-order valence-electron chi connectivity index (χ0n) is 15.4. The molecule has 0 aliphatic carbocycles. The van der Waals surface area contributed by atoms with Crippen LogP contribution in [0.1, 0.15) is 29.9 Å². The maximum absolute atomic E-state index is 12.1. The monoisotopic (exact) mass is 341 g/mol. The van der Waals surface area contributed by atoms with Crippen molar-refractivity contribution in [3.63, 3.8) is 0 Å². The molecule has 6 nitrogen and oxygen atoms in total. The van der Waals surface area contributed by atoms with Gasteiger partial charge < -0.3 is 15.1 Å². The van der Waals surface area contributed by atoms with E-state index >= 15 is 0 Å². The van der Waals surface area contributed by atoms with E-state index in [1.165, 1.54) is 5.56 Å². The van der Waals surface area contributed by atoms with E-state index in [1.807, 2.05) is 43.3 Å². The molecule has 0 saturated heterocycles. The van der Waals surface area contributed by atoms with E-state index in [4.69, 9.17) is 0 Å². The van der Waals surface area contributed by atoms with Gasteiger partial charge in [0, 0.05) is 25.7 Å². The zero-order chi connectivity index (χ0) is 18.2. The molecule has 0 unspecified atom stereocenters. The lowest BCUT2D eigenvalue weighted by molar-refractivity contribution is 0.0945. The number of amides is 1. The fourth-order valence-corrected chi connectivity index (χ4v) is 2.39. The third-order valence-electron chi connectivity index (χ3n) is 3.84. The zero-order valence-corrected chi connectivity index (χ0v) is 15.4. The lowest BCUT2D eigenvalue weighted by Crippen LogP contribution is -2.33. The summed E-state index contributed by atoms with van der Waals surface area (Å²) in [5.74, 6) is 0.573. The molecule has 1 aromatic heterocycles. The van der Waals surface area contributed by atoms with Crippen molar-refractivity contribution in [1.82, 2.24) is 20.4 Å². The molecule has 0 fully saturated rings. The molecule has 0 saturated carbocycles. The van der Waals surface area contributed by atoms with Gasteiger partial charge in [0.05, 0.1) is 0 Å². The van der Waals surface area contributed by atoms with Gasteiger partial charge in [-0.25, -0.2) is 0 Å². The molecule has 0 aliphatic heterocycles. The van der Waals surface area contributed by atoms with Gasteiger partial charge in [0.2, 0.25) is 0 Å². The SMILES string of the molecule is CC(C)N(Cc1ccccc1)c1ccc(C(=O)NCCN(C)C)nn1. The summed E-state index contributed by atoms with van der Waals surface area (Å²) >= 11 is 0. The van der Waals surface area contributed by atoms with Crippen LogP contribution in [0.4, 0.5) is 5.82 Å². The summed E-state index contributed by atoms with van der Waals surface area (Å²) in [6.07, 6.45) is 0. The highest BCUT2D eigenvalue weighted by Gasteiger charge is 2.15. The molecule has 1 heterocycles. The van der Waals surface area contributed by atoms with Crippen LogP contribution in [0.25, 0.3) is 0 Å². The van der Waals surface area contributed by atoms with Gasteiger partial charge in [-0.1, -0.05) is 30.3 Å². The Balaban J connectivity index is 2.04. The number of carbonyl (C=O) groups excluding carboxylic acids is 1. The second-order valence-corrected chi connectivity index (χ2v) is 6.54. The summed E-state index contributed by atoms with van der Waals surface area (Å²) in [4.78, 5) is 16.3.